The van der Waals surface area contributed by atoms with Gasteiger partial charge in [-0.15, -0.1) is 11.3 Å². The number of carboxylic acid groups (broad SMARTS) is 1. The minimum Gasteiger partial charge on any atom is -0.477 e. The van der Waals surface area contributed by atoms with Crippen LogP contribution in [0, 0.1) is 13.8 Å². The second-order valence-corrected chi connectivity index (χ2v) is 6.66. The molecule has 0 radical (unpaired) electrons. The standard InChI is InChI=1S/C17H18N4O2S/c1-10-13-15(21(3)9-6-12-4-7-18-8-5-12)19-11(2)20-16(13)24-14(10)17(22)23/h4-5,7-8H,6,9H2,1-3H3,(H,22,23). The first-order chi connectivity index (χ1) is 11.5. The molecule has 0 fully saturated rings. The van der Waals surface area contributed by atoms with Crippen LogP contribution < -0.4 is 4.90 Å². The Balaban J connectivity index is 1.97. The maximum absolute atomic E-state index is 11.4. The van der Waals surface area contributed by atoms with Crippen molar-refractivity contribution in [3.05, 3.63) is 46.4 Å². The number of nitrogens with zero attached hydrogens (tertiary/aromatic N) is 4. The first-order valence-corrected chi connectivity index (χ1v) is 8.40. The van der Waals surface area contributed by atoms with Crippen LogP contribution in [-0.2, 0) is 6.42 Å². The normalized spacial score (nSPS) is 11.0. The Bertz CT molecular complexity index is 892. The van der Waals surface area contributed by atoms with Gasteiger partial charge in [0.1, 0.15) is 21.3 Å². The molecule has 0 amide bonds. The van der Waals surface area contributed by atoms with E-state index in [0.717, 1.165) is 34.6 Å². The minimum atomic E-state index is -0.918. The summed E-state index contributed by atoms with van der Waals surface area (Å²) < 4.78 is 0. The van der Waals surface area contributed by atoms with Gasteiger partial charge in [0.2, 0.25) is 0 Å². The van der Waals surface area contributed by atoms with Crippen LogP contribution in [0.15, 0.2) is 24.5 Å². The Morgan fingerprint density at radius 1 is 1.25 bits per heavy atom. The molecular weight excluding hydrogens is 324 g/mol. The summed E-state index contributed by atoms with van der Waals surface area (Å²) in [5.41, 5.74) is 1.93. The monoisotopic (exact) mass is 342 g/mol. The number of thiophene rings is 1. The number of aromatic nitrogens is 3. The molecule has 124 valence electrons. The summed E-state index contributed by atoms with van der Waals surface area (Å²) in [7, 11) is 1.97. The van der Waals surface area contributed by atoms with E-state index in [-0.39, 0.29) is 0 Å². The smallest absolute Gasteiger partial charge is 0.346 e. The van der Waals surface area contributed by atoms with E-state index < -0.39 is 5.97 Å². The Labute approximate surface area is 143 Å². The molecule has 0 bridgehead atoms. The molecule has 0 aliphatic heterocycles. The van der Waals surface area contributed by atoms with E-state index in [9.17, 15) is 9.90 Å². The number of likely N-dealkylation sites (N-methyl/N-ethyl adjacent to an activating group) is 1. The Morgan fingerprint density at radius 2 is 1.96 bits per heavy atom. The second-order valence-electron chi connectivity index (χ2n) is 5.66. The van der Waals surface area contributed by atoms with Gasteiger partial charge in [0.15, 0.2) is 0 Å². The Kier molecular flexibility index (Phi) is 4.44. The van der Waals surface area contributed by atoms with E-state index in [0.29, 0.717) is 10.7 Å². The molecule has 0 aromatic carbocycles. The number of fused-ring (bicyclic) bond motifs is 1. The third-order valence-corrected chi connectivity index (χ3v) is 5.10. The third-order valence-electron chi connectivity index (χ3n) is 3.92. The zero-order chi connectivity index (χ0) is 17.3. The maximum Gasteiger partial charge on any atom is 0.346 e. The van der Waals surface area contributed by atoms with Crippen molar-refractivity contribution < 1.29 is 9.90 Å². The summed E-state index contributed by atoms with van der Waals surface area (Å²) in [6.45, 7) is 4.42. The summed E-state index contributed by atoms with van der Waals surface area (Å²) in [4.78, 5) is 27.5. The molecule has 3 rings (SSSR count). The van der Waals surface area contributed by atoms with Gasteiger partial charge in [-0.1, -0.05) is 0 Å². The highest BCUT2D eigenvalue weighted by Crippen LogP contribution is 2.35. The number of hydrogen-bond donors (Lipinski definition) is 1. The van der Waals surface area contributed by atoms with Crippen molar-refractivity contribution in [2.75, 3.05) is 18.5 Å². The van der Waals surface area contributed by atoms with Gasteiger partial charge in [0.25, 0.3) is 0 Å². The molecule has 0 aliphatic carbocycles. The van der Waals surface area contributed by atoms with E-state index in [1.54, 1.807) is 12.4 Å². The lowest BCUT2D eigenvalue weighted by atomic mass is 10.1. The van der Waals surface area contributed by atoms with Gasteiger partial charge in [-0.3, -0.25) is 4.98 Å². The first-order valence-electron chi connectivity index (χ1n) is 7.58. The molecule has 0 saturated heterocycles. The van der Waals surface area contributed by atoms with Gasteiger partial charge in [-0.2, -0.15) is 0 Å². The number of rotatable bonds is 5. The van der Waals surface area contributed by atoms with E-state index in [4.69, 9.17) is 0 Å². The topological polar surface area (TPSA) is 79.2 Å². The van der Waals surface area contributed by atoms with Crippen molar-refractivity contribution in [2.24, 2.45) is 0 Å². The van der Waals surface area contributed by atoms with Crippen molar-refractivity contribution >= 4 is 33.3 Å². The number of aryl methyl sites for hydroxylation is 2. The molecular formula is C17H18N4O2S. The van der Waals surface area contributed by atoms with E-state index >= 15 is 0 Å². The number of carboxylic acids is 1. The van der Waals surface area contributed by atoms with E-state index in [1.165, 1.54) is 16.9 Å². The minimum absolute atomic E-state index is 0.327. The summed E-state index contributed by atoms with van der Waals surface area (Å²) in [5.74, 6) is 0.512. The van der Waals surface area contributed by atoms with Gasteiger partial charge in [0, 0.05) is 26.0 Å². The van der Waals surface area contributed by atoms with E-state index in [1.807, 2.05) is 33.0 Å². The number of aromatic carboxylic acids is 1. The van der Waals surface area contributed by atoms with Crippen molar-refractivity contribution in [3.8, 4) is 0 Å². The fourth-order valence-corrected chi connectivity index (χ4v) is 3.71. The third kappa shape index (κ3) is 3.07. The fraction of sp³-hybridized carbons (Fsp3) is 0.294. The maximum atomic E-state index is 11.4. The number of carbonyl (C=O) groups is 1. The SMILES string of the molecule is Cc1nc(N(C)CCc2ccncc2)c2c(C)c(C(=O)O)sc2n1. The Morgan fingerprint density at radius 3 is 2.62 bits per heavy atom. The lowest BCUT2D eigenvalue weighted by Gasteiger charge is -2.19. The van der Waals surface area contributed by atoms with Crippen molar-refractivity contribution in [1.82, 2.24) is 15.0 Å². The molecule has 0 unspecified atom stereocenters. The molecule has 0 saturated carbocycles. The number of hydrogen-bond acceptors (Lipinski definition) is 6. The van der Waals surface area contributed by atoms with Crippen molar-refractivity contribution in [2.45, 2.75) is 20.3 Å². The van der Waals surface area contributed by atoms with Gasteiger partial charge in [-0.05, 0) is 43.5 Å². The summed E-state index contributed by atoms with van der Waals surface area (Å²) >= 11 is 1.21. The van der Waals surface area contributed by atoms with Crippen LogP contribution in [0.2, 0.25) is 0 Å². The summed E-state index contributed by atoms with van der Waals surface area (Å²) in [6.07, 6.45) is 4.42. The number of anilines is 1. The zero-order valence-electron chi connectivity index (χ0n) is 13.8. The highest BCUT2D eigenvalue weighted by Gasteiger charge is 2.21. The molecule has 3 aromatic heterocycles. The second kappa shape index (κ2) is 6.52. The Hall–Kier alpha value is -2.54. The predicted octanol–water partition coefficient (Wildman–Crippen LogP) is 3.08. The van der Waals surface area contributed by atoms with Crippen LogP contribution in [-0.4, -0.2) is 39.6 Å². The van der Waals surface area contributed by atoms with E-state index in [2.05, 4.69) is 19.9 Å². The highest BCUT2D eigenvalue weighted by molar-refractivity contribution is 7.20. The number of pyridine rings is 1. The molecule has 3 heterocycles. The van der Waals surface area contributed by atoms with Gasteiger partial charge in [0.05, 0.1) is 5.39 Å². The van der Waals surface area contributed by atoms with Gasteiger partial charge < -0.3 is 10.0 Å². The highest BCUT2D eigenvalue weighted by atomic mass is 32.1. The quantitative estimate of drug-likeness (QED) is 0.767. The zero-order valence-corrected chi connectivity index (χ0v) is 14.6. The largest absolute Gasteiger partial charge is 0.477 e. The van der Waals surface area contributed by atoms with Gasteiger partial charge >= 0.3 is 5.97 Å². The predicted molar refractivity (Wildman–Crippen MR) is 95.1 cm³/mol. The van der Waals surface area contributed by atoms with Crippen LogP contribution in [0.3, 0.4) is 0 Å². The first kappa shape index (κ1) is 16.3. The van der Waals surface area contributed by atoms with Crippen LogP contribution in [0.25, 0.3) is 10.2 Å². The average molecular weight is 342 g/mol. The molecule has 6 nitrogen and oxygen atoms in total. The molecule has 0 aliphatic rings. The van der Waals surface area contributed by atoms with Crippen LogP contribution in [0.4, 0.5) is 5.82 Å². The van der Waals surface area contributed by atoms with Crippen molar-refractivity contribution in [3.63, 3.8) is 0 Å². The molecule has 1 N–H and O–H groups in total. The molecule has 24 heavy (non-hydrogen) atoms. The lowest BCUT2D eigenvalue weighted by Crippen LogP contribution is -2.22. The molecule has 7 heteroatoms. The van der Waals surface area contributed by atoms with Crippen LogP contribution in [0.5, 0.6) is 0 Å². The fourth-order valence-electron chi connectivity index (χ4n) is 2.65. The molecule has 3 aromatic rings. The van der Waals surface area contributed by atoms with Gasteiger partial charge in [-0.25, -0.2) is 14.8 Å². The van der Waals surface area contributed by atoms with Crippen molar-refractivity contribution in [1.29, 1.82) is 0 Å². The lowest BCUT2D eigenvalue weighted by molar-refractivity contribution is 0.0701. The summed E-state index contributed by atoms with van der Waals surface area (Å²) in [6, 6.07) is 3.99. The average Bonchev–Trinajstić information content (AvgIpc) is 2.89. The molecule has 0 atom stereocenters. The molecule has 0 spiro atoms. The van der Waals surface area contributed by atoms with Crippen LogP contribution in [0.1, 0.15) is 26.6 Å². The summed E-state index contributed by atoms with van der Waals surface area (Å²) in [5, 5.41) is 10.2. The van der Waals surface area contributed by atoms with Crippen LogP contribution >= 0.6 is 11.3 Å².